The summed E-state index contributed by atoms with van der Waals surface area (Å²) in [4.78, 5) is 22.7. The highest BCUT2D eigenvalue weighted by Gasteiger charge is 2.32. The number of nitrogens with one attached hydrogen (secondary N) is 1. The molecule has 0 saturated carbocycles. The topological polar surface area (TPSA) is 81.5 Å². The fourth-order valence-corrected chi connectivity index (χ4v) is 3.72. The van der Waals surface area contributed by atoms with Crippen LogP contribution in [0, 0.1) is 5.82 Å². The van der Waals surface area contributed by atoms with Gasteiger partial charge < -0.3 is 9.57 Å². The van der Waals surface area contributed by atoms with Crippen LogP contribution in [-0.4, -0.2) is 47.2 Å². The van der Waals surface area contributed by atoms with Crippen LogP contribution in [0.3, 0.4) is 0 Å². The highest BCUT2D eigenvalue weighted by Crippen LogP contribution is 2.30. The molecule has 0 spiro atoms. The van der Waals surface area contributed by atoms with Crippen LogP contribution in [0.1, 0.15) is 5.01 Å². The number of anilines is 1. The van der Waals surface area contributed by atoms with Gasteiger partial charge in [-0.25, -0.2) is 14.2 Å². The lowest BCUT2D eigenvalue weighted by Gasteiger charge is -2.14. The first-order valence-corrected chi connectivity index (χ1v) is 9.48. The van der Waals surface area contributed by atoms with Crippen molar-refractivity contribution in [1.82, 2.24) is 20.2 Å². The number of halogens is 1. The molecule has 1 atom stereocenters. The number of rotatable bonds is 7. The minimum absolute atomic E-state index is 0.318. The van der Waals surface area contributed by atoms with Crippen molar-refractivity contribution >= 4 is 23.1 Å². The largest absolute Gasteiger partial charge is 0.442 e. The third-order valence-corrected chi connectivity index (χ3v) is 5.11. The van der Waals surface area contributed by atoms with Crippen LogP contribution >= 0.6 is 11.3 Å². The van der Waals surface area contributed by atoms with Crippen molar-refractivity contribution < 1.29 is 18.8 Å². The Labute approximate surface area is 164 Å². The molecule has 0 radical (unpaired) electrons. The molecule has 1 N–H and O–H groups in total. The number of carbonyl (C=O) groups is 1. The Morgan fingerprint density at radius 3 is 3.11 bits per heavy atom. The highest BCUT2D eigenvalue weighted by atomic mass is 32.1. The molecule has 1 aromatic carbocycles. The number of hydroxylamine groups is 1. The van der Waals surface area contributed by atoms with Crippen LogP contribution in [-0.2, 0) is 16.1 Å². The van der Waals surface area contributed by atoms with Gasteiger partial charge in [0.05, 0.1) is 38.1 Å². The summed E-state index contributed by atoms with van der Waals surface area (Å²) in [6, 6.07) is 6.49. The van der Waals surface area contributed by atoms with E-state index in [9.17, 15) is 9.18 Å². The smallest absolute Gasteiger partial charge is 0.414 e. The van der Waals surface area contributed by atoms with Crippen molar-refractivity contribution in [2.45, 2.75) is 12.6 Å². The number of hydrogen-bond donors (Lipinski definition) is 1. The maximum atomic E-state index is 14.7. The van der Waals surface area contributed by atoms with E-state index in [1.54, 1.807) is 23.0 Å². The van der Waals surface area contributed by atoms with E-state index in [0.717, 1.165) is 5.01 Å². The first-order chi connectivity index (χ1) is 13.6. The molecular formula is C18H18FN5O3S. The second kappa shape index (κ2) is 8.05. The first-order valence-electron chi connectivity index (χ1n) is 8.60. The summed E-state index contributed by atoms with van der Waals surface area (Å²) in [5.74, 6) is -0.445. The SMILES string of the molecule is CONCC1CN(c2ccc(-c3csc(Cn4cccn4)n3)c(F)c2)C(=O)O1. The zero-order valence-electron chi connectivity index (χ0n) is 15.0. The number of carbonyl (C=O) groups excluding carboxylic acids is 1. The van der Waals surface area contributed by atoms with Crippen LogP contribution in [0.2, 0.25) is 0 Å². The number of benzene rings is 1. The molecular weight excluding hydrogens is 385 g/mol. The molecule has 1 aliphatic heterocycles. The van der Waals surface area contributed by atoms with Gasteiger partial charge in [0.25, 0.3) is 0 Å². The summed E-state index contributed by atoms with van der Waals surface area (Å²) < 4.78 is 21.7. The number of hydrogen-bond acceptors (Lipinski definition) is 7. The zero-order valence-corrected chi connectivity index (χ0v) is 15.9. The van der Waals surface area contributed by atoms with Crippen molar-refractivity contribution in [3.63, 3.8) is 0 Å². The predicted octanol–water partition coefficient (Wildman–Crippen LogP) is 2.67. The third kappa shape index (κ3) is 3.88. The molecule has 4 rings (SSSR count). The van der Waals surface area contributed by atoms with Gasteiger partial charge in [0.1, 0.15) is 16.9 Å². The van der Waals surface area contributed by atoms with E-state index < -0.39 is 11.9 Å². The summed E-state index contributed by atoms with van der Waals surface area (Å²) in [5.41, 5.74) is 4.04. The second-order valence-corrected chi connectivity index (χ2v) is 7.11. The molecule has 28 heavy (non-hydrogen) atoms. The van der Waals surface area contributed by atoms with Gasteiger partial charge in [-0.05, 0) is 24.3 Å². The van der Waals surface area contributed by atoms with Crippen LogP contribution in [0.15, 0.2) is 42.0 Å². The minimum Gasteiger partial charge on any atom is -0.442 e. The standard InChI is InChI=1S/C18H18FN5O3S/c1-26-21-8-13-9-24(18(25)27-13)12-3-4-14(15(19)7-12)16-11-28-17(22-16)10-23-6-2-5-20-23/h2-7,11,13,21H,8-10H2,1H3. The zero-order chi connectivity index (χ0) is 19.5. The van der Waals surface area contributed by atoms with Gasteiger partial charge in [-0.3, -0.25) is 9.58 Å². The molecule has 0 aliphatic carbocycles. The summed E-state index contributed by atoms with van der Waals surface area (Å²) >= 11 is 1.45. The Morgan fingerprint density at radius 1 is 1.46 bits per heavy atom. The third-order valence-electron chi connectivity index (χ3n) is 4.28. The van der Waals surface area contributed by atoms with Gasteiger partial charge in [-0.1, -0.05) is 0 Å². The molecule has 1 fully saturated rings. The number of ether oxygens (including phenoxy) is 1. The maximum Gasteiger partial charge on any atom is 0.414 e. The van der Waals surface area contributed by atoms with Crippen molar-refractivity contribution in [3.05, 3.63) is 52.9 Å². The molecule has 1 unspecified atom stereocenters. The van der Waals surface area contributed by atoms with Crippen LogP contribution in [0.4, 0.5) is 14.9 Å². The van der Waals surface area contributed by atoms with E-state index in [4.69, 9.17) is 9.57 Å². The Hall–Kier alpha value is -2.82. The molecule has 2 aromatic heterocycles. The second-order valence-electron chi connectivity index (χ2n) is 6.16. The Kier molecular flexibility index (Phi) is 5.33. The van der Waals surface area contributed by atoms with Gasteiger partial charge in [-0.2, -0.15) is 10.6 Å². The van der Waals surface area contributed by atoms with Crippen LogP contribution < -0.4 is 10.4 Å². The minimum atomic E-state index is -0.509. The summed E-state index contributed by atoms with van der Waals surface area (Å²) in [6.45, 7) is 1.21. The van der Waals surface area contributed by atoms with E-state index in [0.29, 0.717) is 36.6 Å². The molecule has 10 heteroatoms. The normalized spacial score (nSPS) is 16.6. The Balaban J connectivity index is 1.49. The van der Waals surface area contributed by atoms with Crippen LogP contribution in [0.25, 0.3) is 11.3 Å². The molecule has 3 heterocycles. The fourth-order valence-electron chi connectivity index (χ4n) is 2.93. The molecule has 0 bridgehead atoms. The summed E-state index contributed by atoms with van der Waals surface area (Å²) in [6.07, 6.45) is 2.68. The fraction of sp³-hybridized carbons (Fsp3) is 0.278. The monoisotopic (exact) mass is 403 g/mol. The average molecular weight is 403 g/mol. The van der Waals surface area contributed by atoms with E-state index in [2.05, 4.69) is 15.6 Å². The van der Waals surface area contributed by atoms with E-state index >= 15 is 0 Å². The number of cyclic esters (lactones) is 1. The Morgan fingerprint density at radius 2 is 2.36 bits per heavy atom. The molecule has 1 amide bonds. The van der Waals surface area contributed by atoms with Crippen molar-refractivity contribution in [2.24, 2.45) is 0 Å². The number of aromatic nitrogens is 3. The van der Waals surface area contributed by atoms with Gasteiger partial charge in [0.15, 0.2) is 0 Å². The molecule has 146 valence electrons. The lowest BCUT2D eigenvalue weighted by Crippen LogP contribution is -2.30. The summed E-state index contributed by atoms with van der Waals surface area (Å²) in [5, 5.41) is 6.79. The molecule has 8 nitrogen and oxygen atoms in total. The quantitative estimate of drug-likeness (QED) is 0.611. The van der Waals surface area contributed by atoms with Crippen LogP contribution in [0.5, 0.6) is 0 Å². The average Bonchev–Trinajstić information content (AvgIpc) is 3.42. The molecule has 3 aromatic rings. The number of thiazole rings is 1. The van der Waals surface area contributed by atoms with E-state index in [1.165, 1.54) is 29.4 Å². The van der Waals surface area contributed by atoms with E-state index in [1.807, 2.05) is 17.6 Å². The lowest BCUT2D eigenvalue weighted by molar-refractivity contribution is 0.0551. The van der Waals surface area contributed by atoms with Crippen molar-refractivity contribution in [2.75, 3.05) is 25.1 Å². The lowest BCUT2D eigenvalue weighted by atomic mass is 10.1. The maximum absolute atomic E-state index is 14.7. The van der Waals surface area contributed by atoms with Gasteiger partial charge in [-0.15, -0.1) is 11.3 Å². The van der Waals surface area contributed by atoms with Gasteiger partial charge >= 0.3 is 6.09 Å². The number of amides is 1. The van der Waals surface area contributed by atoms with E-state index in [-0.39, 0.29) is 6.10 Å². The first kappa shape index (κ1) is 18.5. The predicted molar refractivity (Wildman–Crippen MR) is 101 cm³/mol. The number of nitrogens with zero attached hydrogens (tertiary/aromatic N) is 4. The molecule has 1 aliphatic rings. The van der Waals surface area contributed by atoms with Crippen molar-refractivity contribution in [1.29, 1.82) is 0 Å². The van der Waals surface area contributed by atoms with Gasteiger partial charge in [0, 0.05) is 23.3 Å². The highest BCUT2D eigenvalue weighted by molar-refractivity contribution is 7.09. The summed E-state index contributed by atoms with van der Waals surface area (Å²) in [7, 11) is 1.49. The van der Waals surface area contributed by atoms with Crippen molar-refractivity contribution in [3.8, 4) is 11.3 Å². The van der Waals surface area contributed by atoms with Gasteiger partial charge in [0.2, 0.25) is 0 Å². The Bertz CT molecular complexity index is 962. The molecule has 1 saturated heterocycles.